The number of pyridine rings is 1. The molecule has 150 valence electrons. The Labute approximate surface area is 170 Å². The zero-order valence-corrected chi connectivity index (χ0v) is 16.6. The molecule has 0 radical (unpaired) electrons. The van der Waals surface area contributed by atoms with Crippen molar-refractivity contribution in [1.29, 1.82) is 0 Å². The smallest absolute Gasteiger partial charge is 0.253 e. The number of piperidine rings is 1. The third-order valence-electron chi connectivity index (χ3n) is 5.32. The SMILES string of the molecule is CC1CCN(c2ccc(Nc3ccc(C(=O)NCc4ccco4)cn3)cc2)CC1. The number of hydrogen-bond acceptors (Lipinski definition) is 5. The van der Waals surface area contributed by atoms with Crippen LogP contribution in [-0.2, 0) is 6.54 Å². The summed E-state index contributed by atoms with van der Waals surface area (Å²) in [6.07, 6.45) is 5.67. The van der Waals surface area contributed by atoms with Crippen molar-refractivity contribution in [2.75, 3.05) is 23.3 Å². The minimum Gasteiger partial charge on any atom is -0.467 e. The summed E-state index contributed by atoms with van der Waals surface area (Å²) in [6, 6.07) is 15.6. The standard InChI is InChI=1S/C23H26N4O2/c1-17-10-12-27(13-11-17)20-7-5-19(6-8-20)26-22-9-4-18(15-24-22)23(28)25-16-21-3-2-14-29-21/h2-9,14-15,17H,10-13,16H2,1H3,(H,24,26)(H,25,28). The highest BCUT2D eigenvalue weighted by Gasteiger charge is 2.15. The van der Waals surface area contributed by atoms with Crippen LogP contribution < -0.4 is 15.5 Å². The van der Waals surface area contributed by atoms with Gasteiger partial charge in [0, 0.05) is 30.7 Å². The Morgan fingerprint density at radius 2 is 1.93 bits per heavy atom. The molecule has 0 unspecified atom stereocenters. The molecule has 3 aromatic rings. The van der Waals surface area contributed by atoms with Gasteiger partial charge >= 0.3 is 0 Å². The first-order chi connectivity index (χ1) is 14.2. The number of nitrogens with zero attached hydrogens (tertiary/aromatic N) is 2. The molecule has 2 aromatic heterocycles. The van der Waals surface area contributed by atoms with Crippen LogP contribution in [0.2, 0.25) is 0 Å². The Balaban J connectivity index is 1.32. The van der Waals surface area contributed by atoms with E-state index in [-0.39, 0.29) is 5.91 Å². The highest BCUT2D eigenvalue weighted by Crippen LogP contribution is 2.25. The number of amides is 1. The normalized spacial score (nSPS) is 14.6. The molecule has 0 aliphatic carbocycles. The molecule has 2 N–H and O–H groups in total. The zero-order chi connectivity index (χ0) is 20.1. The van der Waals surface area contributed by atoms with E-state index in [1.807, 2.05) is 12.1 Å². The van der Waals surface area contributed by atoms with Crippen LogP contribution in [0.3, 0.4) is 0 Å². The van der Waals surface area contributed by atoms with Crippen LogP contribution in [-0.4, -0.2) is 24.0 Å². The van der Waals surface area contributed by atoms with Gasteiger partial charge in [0.1, 0.15) is 11.6 Å². The average molecular weight is 390 g/mol. The molecular formula is C23H26N4O2. The lowest BCUT2D eigenvalue weighted by molar-refractivity contribution is 0.0947. The Kier molecular flexibility index (Phi) is 5.79. The van der Waals surface area contributed by atoms with Gasteiger partial charge in [-0.05, 0) is 67.3 Å². The number of anilines is 3. The first-order valence-electron chi connectivity index (χ1n) is 10.1. The molecule has 1 aliphatic rings. The van der Waals surface area contributed by atoms with Crippen LogP contribution in [0.25, 0.3) is 0 Å². The number of nitrogens with one attached hydrogen (secondary N) is 2. The van der Waals surface area contributed by atoms with Crippen LogP contribution in [0.1, 0.15) is 35.9 Å². The number of carbonyl (C=O) groups is 1. The lowest BCUT2D eigenvalue weighted by atomic mass is 9.99. The molecule has 3 heterocycles. The number of hydrogen-bond donors (Lipinski definition) is 2. The minimum absolute atomic E-state index is 0.180. The molecular weight excluding hydrogens is 364 g/mol. The van der Waals surface area contributed by atoms with Gasteiger partial charge in [0.25, 0.3) is 5.91 Å². The highest BCUT2D eigenvalue weighted by atomic mass is 16.3. The van der Waals surface area contributed by atoms with E-state index in [0.29, 0.717) is 23.7 Å². The molecule has 4 rings (SSSR count). The second-order valence-electron chi connectivity index (χ2n) is 7.54. The Hall–Kier alpha value is -3.28. The second-order valence-corrected chi connectivity index (χ2v) is 7.54. The first kappa shape index (κ1) is 19.1. The molecule has 1 saturated heterocycles. The fraction of sp³-hybridized carbons (Fsp3) is 0.304. The van der Waals surface area contributed by atoms with Gasteiger partial charge in [-0.2, -0.15) is 0 Å². The number of furan rings is 1. The van der Waals surface area contributed by atoms with E-state index in [1.54, 1.807) is 24.6 Å². The van der Waals surface area contributed by atoms with Gasteiger partial charge in [-0.25, -0.2) is 4.98 Å². The van der Waals surface area contributed by atoms with E-state index < -0.39 is 0 Å². The molecule has 0 bridgehead atoms. The summed E-state index contributed by atoms with van der Waals surface area (Å²) in [5.41, 5.74) is 2.75. The van der Waals surface area contributed by atoms with Crippen LogP contribution in [0.5, 0.6) is 0 Å². The van der Waals surface area contributed by atoms with Crippen molar-refractivity contribution in [2.45, 2.75) is 26.3 Å². The molecule has 29 heavy (non-hydrogen) atoms. The van der Waals surface area contributed by atoms with E-state index >= 15 is 0 Å². The molecule has 6 heteroatoms. The van der Waals surface area contributed by atoms with Crippen LogP contribution >= 0.6 is 0 Å². The van der Waals surface area contributed by atoms with Crippen molar-refractivity contribution in [3.05, 3.63) is 72.3 Å². The third-order valence-corrected chi connectivity index (χ3v) is 5.32. The summed E-state index contributed by atoms with van der Waals surface area (Å²) in [5, 5.41) is 6.10. The largest absolute Gasteiger partial charge is 0.467 e. The van der Waals surface area contributed by atoms with Gasteiger partial charge in [-0.1, -0.05) is 6.92 Å². The number of rotatable bonds is 6. The summed E-state index contributed by atoms with van der Waals surface area (Å²) in [5.74, 6) is 2.06. The fourth-order valence-electron chi connectivity index (χ4n) is 3.45. The average Bonchev–Trinajstić information content (AvgIpc) is 3.27. The number of aromatic nitrogens is 1. The maximum absolute atomic E-state index is 12.2. The Morgan fingerprint density at radius 1 is 1.14 bits per heavy atom. The van der Waals surface area contributed by atoms with Gasteiger partial charge < -0.3 is 20.0 Å². The predicted molar refractivity (Wildman–Crippen MR) is 114 cm³/mol. The van der Waals surface area contributed by atoms with Crippen molar-refractivity contribution < 1.29 is 9.21 Å². The fourth-order valence-corrected chi connectivity index (χ4v) is 3.45. The highest BCUT2D eigenvalue weighted by molar-refractivity contribution is 5.94. The van der Waals surface area contributed by atoms with Crippen molar-refractivity contribution in [1.82, 2.24) is 10.3 Å². The lowest BCUT2D eigenvalue weighted by Crippen LogP contribution is -2.32. The summed E-state index contributed by atoms with van der Waals surface area (Å²) in [6.45, 7) is 4.93. The van der Waals surface area contributed by atoms with Gasteiger partial charge in [0.05, 0.1) is 18.4 Å². The zero-order valence-electron chi connectivity index (χ0n) is 16.6. The molecule has 0 saturated carbocycles. The maximum atomic E-state index is 12.2. The van der Waals surface area contributed by atoms with Crippen molar-refractivity contribution >= 4 is 23.1 Å². The Bertz CT molecular complexity index is 913. The lowest BCUT2D eigenvalue weighted by Gasteiger charge is -2.32. The van der Waals surface area contributed by atoms with E-state index in [9.17, 15) is 4.79 Å². The molecule has 0 atom stereocenters. The van der Waals surface area contributed by atoms with Crippen molar-refractivity contribution in [3.63, 3.8) is 0 Å². The maximum Gasteiger partial charge on any atom is 0.253 e. The monoisotopic (exact) mass is 390 g/mol. The van der Waals surface area contributed by atoms with E-state index in [4.69, 9.17) is 4.42 Å². The van der Waals surface area contributed by atoms with Gasteiger partial charge in [0.15, 0.2) is 0 Å². The summed E-state index contributed by atoms with van der Waals surface area (Å²) < 4.78 is 5.21. The molecule has 1 fully saturated rings. The minimum atomic E-state index is -0.180. The summed E-state index contributed by atoms with van der Waals surface area (Å²) >= 11 is 0. The Morgan fingerprint density at radius 3 is 2.59 bits per heavy atom. The van der Waals surface area contributed by atoms with Crippen molar-refractivity contribution in [3.8, 4) is 0 Å². The van der Waals surface area contributed by atoms with E-state index in [2.05, 4.69) is 51.7 Å². The van der Waals surface area contributed by atoms with E-state index in [0.717, 1.165) is 24.7 Å². The van der Waals surface area contributed by atoms with Crippen LogP contribution in [0.15, 0.2) is 65.4 Å². The topological polar surface area (TPSA) is 70.4 Å². The summed E-state index contributed by atoms with van der Waals surface area (Å²) in [7, 11) is 0. The van der Waals surface area contributed by atoms with Gasteiger partial charge in [-0.3, -0.25) is 4.79 Å². The summed E-state index contributed by atoms with van der Waals surface area (Å²) in [4.78, 5) is 19.0. The van der Waals surface area contributed by atoms with Gasteiger partial charge in [-0.15, -0.1) is 0 Å². The van der Waals surface area contributed by atoms with Crippen molar-refractivity contribution in [2.24, 2.45) is 5.92 Å². The molecule has 6 nitrogen and oxygen atoms in total. The quantitative estimate of drug-likeness (QED) is 0.644. The predicted octanol–water partition coefficient (Wildman–Crippen LogP) is 4.58. The molecule has 1 amide bonds. The van der Waals surface area contributed by atoms with E-state index in [1.165, 1.54) is 18.5 Å². The van der Waals surface area contributed by atoms with Crippen LogP contribution in [0, 0.1) is 5.92 Å². The molecule has 0 spiro atoms. The number of carbonyl (C=O) groups excluding carboxylic acids is 1. The molecule has 1 aromatic carbocycles. The van der Waals surface area contributed by atoms with Crippen LogP contribution in [0.4, 0.5) is 17.2 Å². The first-order valence-corrected chi connectivity index (χ1v) is 10.1. The van der Waals surface area contributed by atoms with Gasteiger partial charge in [0.2, 0.25) is 0 Å². The third kappa shape index (κ3) is 4.96. The second kappa shape index (κ2) is 8.82. The molecule has 1 aliphatic heterocycles. The number of benzene rings is 1.